The van der Waals surface area contributed by atoms with E-state index in [1.165, 1.54) is 10.4 Å². The number of carbonyl (C=O) groups is 1. The van der Waals surface area contributed by atoms with Crippen molar-refractivity contribution >= 4 is 24.5 Å². The molecule has 3 rings (SSSR count). The molecule has 2 unspecified atom stereocenters. The van der Waals surface area contributed by atoms with Gasteiger partial charge in [0.05, 0.1) is 6.61 Å². The van der Waals surface area contributed by atoms with Crippen LogP contribution in [0.5, 0.6) is 0 Å². The van der Waals surface area contributed by atoms with E-state index < -0.39 is 8.32 Å². The Morgan fingerprint density at radius 2 is 1.55 bits per heavy atom. The maximum Gasteiger partial charge on any atom is 0.261 e. The number of Topliss-reactive ketones (excluding diaryl/α,β-unsaturated/α-hetero) is 1. The van der Waals surface area contributed by atoms with Gasteiger partial charge in [0.2, 0.25) is 0 Å². The standard InChI is InChI=1S/C28H38O2Si/c1-22(2)27-19-18-24(29)21-23(27)13-12-20-30-31(28(3,4)5,25-14-8-6-9-15-25)26-16-10-7-11-17-26/h6-17,22-23,27H,18-21H2,1-5H3/b13-12+. The third kappa shape index (κ3) is 5.27. The Balaban J connectivity index is 1.89. The van der Waals surface area contributed by atoms with Gasteiger partial charge in [-0.2, -0.15) is 0 Å². The van der Waals surface area contributed by atoms with Crippen molar-refractivity contribution in [1.29, 1.82) is 0 Å². The van der Waals surface area contributed by atoms with E-state index in [9.17, 15) is 4.79 Å². The Morgan fingerprint density at radius 3 is 2.03 bits per heavy atom. The van der Waals surface area contributed by atoms with Crippen molar-refractivity contribution in [2.45, 2.75) is 58.9 Å². The van der Waals surface area contributed by atoms with E-state index in [1.54, 1.807) is 0 Å². The van der Waals surface area contributed by atoms with Crippen LogP contribution in [0.15, 0.2) is 72.8 Å². The molecule has 1 saturated carbocycles. The van der Waals surface area contributed by atoms with Gasteiger partial charge in [0.15, 0.2) is 0 Å². The SMILES string of the molecule is CC(C)C1CCC(=O)CC1/C=C/CO[Si](c1ccccc1)(c1ccccc1)C(C)(C)C. The number of hydrogen-bond donors (Lipinski definition) is 0. The predicted octanol–water partition coefficient (Wildman–Crippen LogP) is 5.76. The highest BCUT2D eigenvalue weighted by Crippen LogP contribution is 2.37. The van der Waals surface area contributed by atoms with Crippen molar-refractivity contribution in [3.63, 3.8) is 0 Å². The fourth-order valence-corrected chi connectivity index (χ4v) is 9.76. The topological polar surface area (TPSA) is 26.3 Å². The third-order valence-corrected chi connectivity index (χ3v) is 11.8. The van der Waals surface area contributed by atoms with Gasteiger partial charge in [-0.3, -0.25) is 4.79 Å². The maximum atomic E-state index is 12.1. The Kier molecular flexibility index (Phi) is 7.71. The predicted molar refractivity (Wildman–Crippen MR) is 133 cm³/mol. The lowest BCUT2D eigenvalue weighted by Gasteiger charge is -2.42. The van der Waals surface area contributed by atoms with Crippen molar-refractivity contribution in [2.75, 3.05) is 6.61 Å². The Hall–Kier alpha value is -1.97. The summed E-state index contributed by atoms with van der Waals surface area (Å²) in [5, 5.41) is 2.58. The number of carbonyl (C=O) groups excluding carboxylic acids is 1. The molecule has 0 amide bonds. The molecule has 0 aromatic heterocycles. The lowest BCUT2D eigenvalue weighted by atomic mass is 9.73. The molecule has 3 heteroatoms. The highest BCUT2D eigenvalue weighted by Gasteiger charge is 2.49. The van der Waals surface area contributed by atoms with Gasteiger partial charge in [-0.1, -0.05) is 107 Å². The molecule has 0 spiro atoms. The zero-order chi connectivity index (χ0) is 22.5. The van der Waals surface area contributed by atoms with Gasteiger partial charge in [-0.05, 0) is 39.6 Å². The van der Waals surface area contributed by atoms with Crippen molar-refractivity contribution in [2.24, 2.45) is 17.8 Å². The molecule has 2 nitrogen and oxygen atoms in total. The smallest absolute Gasteiger partial charge is 0.261 e. The van der Waals surface area contributed by atoms with Crippen LogP contribution in [0, 0.1) is 17.8 Å². The van der Waals surface area contributed by atoms with Crippen LogP contribution in [0.1, 0.15) is 53.9 Å². The van der Waals surface area contributed by atoms with Crippen LogP contribution >= 0.6 is 0 Å². The summed E-state index contributed by atoms with van der Waals surface area (Å²) in [7, 11) is -2.51. The van der Waals surface area contributed by atoms with Crippen molar-refractivity contribution in [3.05, 3.63) is 72.8 Å². The van der Waals surface area contributed by atoms with Gasteiger partial charge < -0.3 is 4.43 Å². The Bertz CT molecular complexity index is 825. The summed E-state index contributed by atoms with van der Waals surface area (Å²) in [6.07, 6.45) is 6.88. The number of rotatable bonds is 7. The average Bonchev–Trinajstić information content (AvgIpc) is 2.74. The normalized spacial score (nSPS) is 20.5. The first-order chi connectivity index (χ1) is 14.8. The molecule has 2 atom stereocenters. The Morgan fingerprint density at radius 1 is 1.00 bits per heavy atom. The van der Waals surface area contributed by atoms with Crippen LogP contribution in [-0.2, 0) is 9.22 Å². The second-order valence-corrected chi connectivity index (χ2v) is 14.6. The fourth-order valence-electron chi connectivity index (χ4n) is 5.26. The van der Waals surface area contributed by atoms with E-state index in [0.717, 1.165) is 12.8 Å². The molecular weight excluding hydrogens is 396 g/mol. The summed E-state index contributed by atoms with van der Waals surface area (Å²) >= 11 is 0. The van der Waals surface area contributed by atoms with Crippen LogP contribution in [0.2, 0.25) is 5.04 Å². The molecule has 1 aliphatic rings. The van der Waals surface area contributed by atoms with Crippen LogP contribution in [0.25, 0.3) is 0 Å². The first-order valence-corrected chi connectivity index (χ1v) is 13.6. The van der Waals surface area contributed by atoms with Gasteiger partial charge in [-0.15, -0.1) is 0 Å². The minimum absolute atomic E-state index is 0.0230. The first kappa shape index (κ1) is 23.7. The lowest BCUT2D eigenvalue weighted by Crippen LogP contribution is -2.66. The van der Waals surface area contributed by atoms with Crippen LogP contribution in [0.4, 0.5) is 0 Å². The molecule has 0 heterocycles. The van der Waals surface area contributed by atoms with Gasteiger partial charge >= 0.3 is 0 Å². The Labute approximate surface area is 189 Å². The van der Waals surface area contributed by atoms with Gasteiger partial charge in [0, 0.05) is 12.8 Å². The van der Waals surface area contributed by atoms with Gasteiger partial charge in [0.25, 0.3) is 8.32 Å². The zero-order valence-corrected chi connectivity index (χ0v) is 20.8. The molecule has 1 aliphatic carbocycles. The molecule has 0 N–H and O–H groups in total. The second kappa shape index (κ2) is 10.1. The first-order valence-electron chi connectivity index (χ1n) is 11.7. The molecule has 2 aromatic carbocycles. The van der Waals surface area contributed by atoms with E-state index in [1.807, 2.05) is 0 Å². The summed E-state index contributed by atoms with van der Waals surface area (Å²) in [6, 6.07) is 21.5. The number of hydrogen-bond acceptors (Lipinski definition) is 2. The van der Waals surface area contributed by atoms with Crippen LogP contribution in [0.3, 0.4) is 0 Å². The van der Waals surface area contributed by atoms with Crippen molar-refractivity contribution in [1.82, 2.24) is 0 Å². The molecule has 0 radical (unpaired) electrons. The highest BCUT2D eigenvalue weighted by atomic mass is 28.4. The molecule has 31 heavy (non-hydrogen) atoms. The third-order valence-electron chi connectivity index (χ3n) is 6.82. The summed E-state index contributed by atoms with van der Waals surface area (Å²) in [5.41, 5.74) is 0. The number of allylic oxidation sites excluding steroid dienone is 1. The molecule has 0 saturated heterocycles. The van der Waals surface area contributed by atoms with Crippen molar-refractivity contribution < 1.29 is 9.22 Å². The largest absolute Gasteiger partial charge is 0.404 e. The molecule has 0 bridgehead atoms. The average molecular weight is 435 g/mol. The minimum Gasteiger partial charge on any atom is -0.404 e. The summed E-state index contributed by atoms with van der Waals surface area (Å²) in [6.45, 7) is 12.0. The fraction of sp³-hybridized carbons (Fsp3) is 0.464. The second-order valence-electron chi connectivity index (χ2n) is 10.3. The van der Waals surface area contributed by atoms with E-state index in [0.29, 0.717) is 36.6 Å². The molecule has 2 aromatic rings. The highest BCUT2D eigenvalue weighted by molar-refractivity contribution is 6.99. The lowest BCUT2D eigenvalue weighted by molar-refractivity contribution is -0.122. The molecule has 1 fully saturated rings. The molecule has 0 aliphatic heterocycles. The maximum absolute atomic E-state index is 12.1. The van der Waals surface area contributed by atoms with Gasteiger partial charge in [-0.25, -0.2) is 0 Å². The van der Waals surface area contributed by atoms with E-state index in [2.05, 4.69) is 107 Å². The molecule has 166 valence electrons. The van der Waals surface area contributed by atoms with Gasteiger partial charge in [0.1, 0.15) is 5.78 Å². The van der Waals surface area contributed by atoms with Crippen LogP contribution in [-0.4, -0.2) is 20.7 Å². The number of ketones is 1. The van der Waals surface area contributed by atoms with Crippen molar-refractivity contribution in [3.8, 4) is 0 Å². The van der Waals surface area contributed by atoms with E-state index in [-0.39, 0.29) is 5.04 Å². The number of benzene rings is 2. The van der Waals surface area contributed by atoms with E-state index in [4.69, 9.17) is 4.43 Å². The van der Waals surface area contributed by atoms with Crippen LogP contribution < -0.4 is 10.4 Å². The summed E-state index contributed by atoms with van der Waals surface area (Å²) < 4.78 is 6.95. The quantitative estimate of drug-likeness (QED) is 0.409. The van der Waals surface area contributed by atoms with E-state index >= 15 is 0 Å². The zero-order valence-electron chi connectivity index (χ0n) is 19.8. The molecular formula is C28H38O2Si. The minimum atomic E-state index is -2.51. The summed E-state index contributed by atoms with van der Waals surface area (Å²) in [5.74, 6) is 1.92. The monoisotopic (exact) mass is 434 g/mol. The summed E-state index contributed by atoms with van der Waals surface area (Å²) in [4.78, 5) is 12.1.